The number of hydrogen-bond acceptors (Lipinski definition) is 4. The zero-order valence-electron chi connectivity index (χ0n) is 12.9. The highest BCUT2D eigenvalue weighted by molar-refractivity contribution is 5.78. The van der Waals surface area contributed by atoms with Gasteiger partial charge in [-0.25, -0.2) is 0 Å². The summed E-state index contributed by atoms with van der Waals surface area (Å²) in [6.45, 7) is 5.22. The molecule has 4 nitrogen and oxygen atoms in total. The van der Waals surface area contributed by atoms with E-state index in [0.29, 0.717) is 6.54 Å². The Bertz CT molecular complexity index is 416. The lowest BCUT2D eigenvalue weighted by Crippen LogP contribution is -2.30. The average molecular weight is 290 g/mol. The van der Waals surface area contributed by atoms with Crippen LogP contribution in [0.25, 0.3) is 0 Å². The molecule has 1 fully saturated rings. The number of esters is 1. The summed E-state index contributed by atoms with van der Waals surface area (Å²) in [5, 5.41) is 3.40. The molecule has 1 N–H and O–H groups in total. The van der Waals surface area contributed by atoms with Crippen molar-refractivity contribution < 1.29 is 9.53 Å². The topological polar surface area (TPSA) is 41.6 Å². The molecule has 0 amide bonds. The molecule has 116 valence electrons. The van der Waals surface area contributed by atoms with Crippen LogP contribution in [-0.2, 0) is 9.53 Å². The third-order valence-corrected chi connectivity index (χ3v) is 4.06. The first kappa shape index (κ1) is 16.0. The lowest BCUT2D eigenvalue weighted by atomic mass is 9.99. The Balaban J connectivity index is 1.73. The minimum absolute atomic E-state index is 0.173. The van der Waals surface area contributed by atoms with Crippen molar-refractivity contribution in [3.63, 3.8) is 0 Å². The van der Waals surface area contributed by atoms with Crippen molar-refractivity contribution in [3.8, 4) is 0 Å². The van der Waals surface area contributed by atoms with Gasteiger partial charge in [0.1, 0.15) is 0 Å². The van der Waals surface area contributed by atoms with E-state index in [2.05, 4.69) is 10.2 Å². The lowest BCUT2D eigenvalue weighted by Gasteiger charge is -2.17. The maximum Gasteiger partial charge on any atom is 0.314 e. The maximum absolute atomic E-state index is 11.9. The van der Waals surface area contributed by atoms with Crippen molar-refractivity contribution in [2.75, 3.05) is 39.8 Å². The van der Waals surface area contributed by atoms with Gasteiger partial charge in [0.25, 0.3) is 0 Å². The van der Waals surface area contributed by atoms with Crippen LogP contribution >= 0.6 is 0 Å². The number of nitrogens with zero attached hydrogens (tertiary/aromatic N) is 1. The lowest BCUT2D eigenvalue weighted by molar-refractivity contribution is -0.142. The molecule has 21 heavy (non-hydrogen) atoms. The molecule has 1 aromatic carbocycles. The zero-order chi connectivity index (χ0) is 14.9. The summed E-state index contributed by atoms with van der Waals surface area (Å²) in [5.74, 6) is -0.392. The number of benzene rings is 1. The van der Waals surface area contributed by atoms with E-state index < -0.39 is 0 Å². The van der Waals surface area contributed by atoms with Gasteiger partial charge < -0.3 is 15.0 Å². The summed E-state index contributed by atoms with van der Waals surface area (Å²) < 4.78 is 4.92. The minimum atomic E-state index is -0.219. The van der Waals surface area contributed by atoms with Crippen LogP contribution in [0, 0.1) is 0 Å². The van der Waals surface area contributed by atoms with Crippen LogP contribution in [0.2, 0.25) is 0 Å². The van der Waals surface area contributed by atoms with Crippen molar-refractivity contribution in [2.45, 2.75) is 25.2 Å². The van der Waals surface area contributed by atoms with E-state index in [1.54, 1.807) is 0 Å². The van der Waals surface area contributed by atoms with E-state index in [4.69, 9.17) is 4.74 Å². The zero-order valence-corrected chi connectivity index (χ0v) is 12.9. The third-order valence-electron chi connectivity index (χ3n) is 4.06. The van der Waals surface area contributed by atoms with E-state index in [1.807, 2.05) is 30.3 Å². The van der Waals surface area contributed by atoms with Crippen LogP contribution < -0.4 is 5.32 Å². The molecule has 0 spiro atoms. The SMILES string of the molecule is COC(=O)C(CNCCCN1CCCC1)c1ccccc1. The van der Waals surface area contributed by atoms with Gasteiger partial charge in [-0.15, -0.1) is 0 Å². The molecule has 0 radical (unpaired) electrons. The van der Waals surface area contributed by atoms with Gasteiger partial charge in [-0.3, -0.25) is 4.79 Å². The van der Waals surface area contributed by atoms with Gasteiger partial charge in [0, 0.05) is 6.54 Å². The van der Waals surface area contributed by atoms with Gasteiger partial charge in [0.05, 0.1) is 13.0 Å². The number of rotatable bonds is 8. The predicted molar refractivity (Wildman–Crippen MR) is 84.4 cm³/mol. The fourth-order valence-corrected chi connectivity index (χ4v) is 2.85. The molecule has 4 heteroatoms. The van der Waals surface area contributed by atoms with Gasteiger partial charge in [-0.2, -0.15) is 0 Å². The second kappa shape index (κ2) is 8.80. The van der Waals surface area contributed by atoms with Gasteiger partial charge in [-0.1, -0.05) is 30.3 Å². The Hall–Kier alpha value is -1.39. The predicted octanol–water partition coefficient (Wildman–Crippen LogP) is 2.02. The Morgan fingerprint density at radius 3 is 2.67 bits per heavy atom. The van der Waals surface area contributed by atoms with Crippen LogP contribution in [-0.4, -0.2) is 50.7 Å². The van der Waals surface area contributed by atoms with Gasteiger partial charge in [0.15, 0.2) is 0 Å². The molecule has 1 aromatic rings. The summed E-state index contributed by atoms with van der Waals surface area (Å²) in [5.41, 5.74) is 1.01. The van der Waals surface area contributed by atoms with Crippen molar-refractivity contribution in [1.82, 2.24) is 10.2 Å². The second-order valence-corrected chi connectivity index (χ2v) is 5.59. The Kier molecular flexibility index (Phi) is 6.70. The molecule has 0 aliphatic carbocycles. The number of nitrogens with one attached hydrogen (secondary N) is 1. The molecule has 1 aliphatic rings. The third kappa shape index (κ3) is 5.14. The molecule has 0 saturated carbocycles. The smallest absolute Gasteiger partial charge is 0.314 e. The highest BCUT2D eigenvalue weighted by Gasteiger charge is 2.20. The van der Waals surface area contributed by atoms with E-state index >= 15 is 0 Å². The van der Waals surface area contributed by atoms with Gasteiger partial charge in [0.2, 0.25) is 0 Å². The van der Waals surface area contributed by atoms with Gasteiger partial charge in [-0.05, 0) is 51.0 Å². The molecule has 1 atom stereocenters. The van der Waals surface area contributed by atoms with Crippen molar-refractivity contribution in [3.05, 3.63) is 35.9 Å². The van der Waals surface area contributed by atoms with E-state index in [-0.39, 0.29) is 11.9 Å². The molecule has 1 aliphatic heterocycles. The first-order chi connectivity index (χ1) is 10.3. The molecule has 1 saturated heterocycles. The van der Waals surface area contributed by atoms with Gasteiger partial charge >= 0.3 is 5.97 Å². The van der Waals surface area contributed by atoms with E-state index in [1.165, 1.54) is 33.0 Å². The number of ether oxygens (including phenoxy) is 1. The number of carbonyl (C=O) groups is 1. The summed E-state index contributed by atoms with van der Waals surface area (Å²) in [6, 6.07) is 9.83. The van der Waals surface area contributed by atoms with E-state index in [0.717, 1.165) is 25.1 Å². The van der Waals surface area contributed by atoms with Crippen molar-refractivity contribution >= 4 is 5.97 Å². The number of carbonyl (C=O) groups excluding carboxylic acids is 1. The Morgan fingerprint density at radius 2 is 2.00 bits per heavy atom. The quantitative estimate of drug-likeness (QED) is 0.587. The average Bonchev–Trinajstić information content (AvgIpc) is 3.04. The molecular weight excluding hydrogens is 264 g/mol. The molecule has 0 bridgehead atoms. The number of hydrogen-bond donors (Lipinski definition) is 1. The van der Waals surface area contributed by atoms with E-state index in [9.17, 15) is 4.79 Å². The van der Waals surface area contributed by atoms with Crippen LogP contribution in [0.5, 0.6) is 0 Å². The molecular formula is C17H26N2O2. The highest BCUT2D eigenvalue weighted by Crippen LogP contribution is 2.16. The number of likely N-dealkylation sites (tertiary alicyclic amines) is 1. The van der Waals surface area contributed by atoms with Crippen LogP contribution in [0.1, 0.15) is 30.7 Å². The summed E-state index contributed by atoms with van der Waals surface area (Å²) in [6.07, 6.45) is 3.81. The van der Waals surface area contributed by atoms with Crippen LogP contribution in [0.15, 0.2) is 30.3 Å². The Morgan fingerprint density at radius 1 is 1.29 bits per heavy atom. The fourth-order valence-electron chi connectivity index (χ4n) is 2.85. The highest BCUT2D eigenvalue weighted by atomic mass is 16.5. The fraction of sp³-hybridized carbons (Fsp3) is 0.588. The summed E-state index contributed by atoms with van der Waals surface area (Å²) >= 11 is 0. The monoisotopic (exact) mass is 290 g/mol. The van der Waals surface area contributed by atoms with Crippen molar-refractivity contribution in [1.29, 1.82) is 0 Å². The molecule has 1 heterocycles. The molecule has 0 aromatic heterocycles. The number of methoxy groups -OCH3 is 1. The summed E-state index contributed by atoms with van der Waals surface area (Å²) in [7, 11) is 1.45. The standard InChI is InChI=1S/C17H26N2O2/c1-21-17(20)16(15-8-3-2-4-9-15)14-18-10-7-13-19-11-5-6-12-19/h2-4,8-9,16,18H,5-7,10-14H2,1H3. The maximum atomic E-state index is 11.9. The van der Waals surface area contributed by atoms with Crippen LogP contribution in [0.3, 0.4) is 0 Å². The normalized spacial score (nSPS) is 16.8. The summed E-state index contributed by atoms with van der Waals surface area (Å²) in [4.78, 5) is 14.4. The second-order valence-electron chi connectivity index (χ2n) is 5.59. The first-order valence-corrected chi connectivity index (χ1v) is 7.87. The minimum Gasteiger partial charge on any atom is -0.469 e. The molecule has 1 unspecified atom stereocenters. The largest absolute Gasteiger partial charge is 0.469 e. The van der Waals surface area contributed by atoms with Crippen LogP contribution in [0.4, 0.5) is 0 Å². The Labute approximate surface area is 127 Å². The van der Waals surface area contributed by atoms with Crippen molar-refractivity contribution in [2.24, 2.45) is 0 Å². The molecule has 2 rings (SSSR count). The first-order valence-electron chi connectivity index (χ1n) is 7.87.